The van der Waals surface area contributed by atoms with Gasteiger partial charge in [-0.2, -0.15) is 15.1 Å². The number of aryl methyl sites for hydroxylation is 1. The van der Waals surface area contributed by atoms with E-state index < -0.39 is 5.91 Å². The molecule has 1 amide bonds. The molecule has 0 spiro atoms. The third-order valence-electron chi connectivity index (χ3n) is 5.31. The summed E-state index contributed by atoms with van der Waals surface area (Å²) in [4.78, 5) is 16.8. The first-order chi connectivity index (χ1) is 17.1. The van der Waals surface area contributed by atoms with Crippen molar-refractivity contribution in [2.75, 3.05) is 13.2 Å². The molecule has 3 aromatic carbocycles. The van der Waals surface area contributed by atoms with Gasteiger partial charge >= 0.3 is 0 Å². The SMILES string of the molecule is Cc1ccc(C2=NN3C(=N)/C(=C\c4ccc(OCCOc5ccccc5)cc4)C(=O)N=C3S2)cc1. The van der Waals surface area contributed by atoms with E-state index >= 15 is 0 Å². The summed E-state index contributed by atoms with van der Waals surface area (Å²) in [5.74, 6) is 1.05. The largest absolute Gasteiger partial charge is 0.490 e. The van der Waals surface area contributed by atoms with E-state index in [4.69, 9.17) is 14.9 Å². The first kappa shape index (κ1) is 22.6. The number of hydrazone groups is 1. The van der Waals surface area contributed by atoms with Crippen molar-refractivity contribution in [3.63, 3.8) is 0 Å². The molecule has 2 aliphatic rings. The number of hydrogen-bond donors (Lipinski definition) is 1. The van der Waals surface area contributed by atoms with Crippen LogP contribution >= 0.6 is 11.8 Å². The summed E-state index contributed by atoms with van der Waals surface area (Å²) >= 11 is 1.29. The van der Waals surface area contributed by atoms with E-state index in [0.717, 1.165) is 22.4 Å². The molecule has 1 N–H and O–H groups in total. The number of benzene rings is 3. The quantitative estimate of drug-likeness (QED) is 0.373. The van der Waals surface area contributed by atoms with Crippen LogP contribution in [0.3, 0.4) is 0 Å². The predicted octanol–water partition coefficient (Wildman–Crippen LogP) is 5.12. The van der Waals surface area contributed by atoms with Gasteiger partial charge in [-0.1, -0.05) is 60.2 Å². The number of carbonyl (C=O) groups is 1. The Balaban J connectivity index is 1.23. The van der Waals surface area contributed by atoms with Crippen molar-refractivity contribution in [3.05, 3.63) is 101 Å². The number of rotatable bonds is 7. The normalized spacial score (nSPS) is 16.1. The van der Waals surface area contributed by atoms with Crippen molar-refractivity contribution < 1.29 is 14.3 Å². The highest BCUT2D eigenvalue weighted by Crippen LogP contribution is 2.31. The summed E-state index contributed by atoms with van der Waals surface area (Å²) in [6, 6.07) is 24.8. The lowest BCUT2D eigenvalue weighted by molar-refractivity contribution is -0.114. The van der Waals surface area contributed by atoms with Crippen molar-refractivity contribution in [2.45, 2.75) is 6.92 Å². The van der Waals surface area contributed by atoms with Gasteiger partial charge in [-0.3, -0.25) is 10.2 Å². The maximum Gasteiger partial charge on any atom is 0.283 e. The van der Waals surface area contributed by atoms with Crippen molar-refractivity contribution in [2.24, 2.45) is 10.1 Å². The molecular formula is C27H22N4O3S. The Hall–Kier alpha value is -4.17. The van der Waals surface area contributed by atoms with Crippen LogP contribution in [-0.2, 0) is 4.79 Å². The number of para-hydroxylation sites is 1. The summed E-state index contributed by atoms with van der Waals surface area (Å²) in [5, 5.41) is 15.6. The van der Waals surface area contributed by atoms with Gasteiger partial charge in [0.25, 0.3) is 5.91 Å². The van der Waals surface area contributed by atoms with E-state index in [9.17, 15) is 4.79 Å². The Labute approximate surface area is 207 Å². The highest BCUT2D eigenvalue weighted by Gasteiger charge is 2.35. The van der Waals surface area contributed by atoms with Gasteiger partial charge in [-0.25, -0.2) is 0 Å². The smallest absolute Gasteiger partial charge is 0.283 e. The molecule has 174 valence electrons. The lowest BCUT2D eigenvalue weighted by atomic mass is 10.1. The van der Waals surface area contributed by atoms with Crippen molar-refractivity contribution >= 4 is 39.8 Å². The zero-order valence-corrected chi connectivity index (χ0v) is 19.8. The Morgan fingerprint density at radius 1 is 0.914 bits per heavy atom. The van der Waals surface area contributed by atoms with Gasteiger partial charge in [0.1, 0.15) is 29.8 Å². The fourth-order valence-electron chi connectivity index (χ4n) is 3.47. The number of amides is 1. The van der Waals surface area contributed by atoms with E-state index in [0.29, 0.717) is 29.2 Å². The molecule has 0 saturated carbocycles. The second-order valence-corrected chi connectivity index (χ2v) is 8.83. The van der Waals surface area contributed by atoms with E-state index in [2.05, 4.69) is 10.1 Å². The zero-order chi connectivity index (χ0) is 24.2. The minimum absolute atomic E-state index is 0.00741. The molecule has 0 saturated heterocycles. The van der Waals surface area contributed by atoms with Crippen molar-refractivity contribution in [1.29, 1.82) is 5.41 Å². The highest BCUT2D eigenvalue weighted by molar-refractivity contribution is 8.27. The number of nitrogens with zero attached hydrogens (tertiary/aromatic N) is 3. The number of fused-ring (bicyclic) bond motifs is 1. The second kappa shape index (κ2) is 9.99. The number of ether oxygens (including phenoxy) is 2. The van der Waals surface area contributed by atoms with Crippen LogP contribution in [0.4, 0.5) is 0 Å². The third kappa shape index (κ3) is 5.17. The molecule has 7 nitrogen and oxygen atoms in total. The van der Waals surface area contributed by atoms with Gasteiger partial charge < -0.3 is 9.47 Å². The minimum Gasteiger partial charge on any atom is -0.490 e. The molecule has 0 aromatic heterocycles. The van der Waals surface area contributed by atoms with E-state index in [1.807, 2.05) is 85.8 Å². The van der Waals surface area contributed by atoms with Crippen molar-refractivity contribution in [3.8, 4) is 11.5 Å². The molecule has 2 aliphatic heterocycles. The van der Waals surface area contributed by atoms with Crippen LogP contribution in [0, 0.1) is 12.3 Å². The van der Waals surface area contributed by atoms with Crippen LogP contribution in [0.2, 0.25) is 0 Å². The average molecular weight is 483 g/mol. The molecule has 0 aliphatic carbocycles. The number of carbonyl (C=O) groups excluding carboxylic acids is 1. The number of hydrogen-bond acceptors (Lipinski definition) is 6. The van der Waals surface area contributed by atoms with Crippen molar-refractivity contribution in [1.82, 2.24) is 5.01 Å². The van der Waals surface area contributed by atoms with Gasteiger partial charge in [-0.05, 0) is 54.6 Å². The highest BCUT2D eigenvalue weighted by atomic mass is 32.2. The lowest BCUT2D eigenvalue weighted by Crippen LogP contribution is -2.35. The average Bonchev–Trinajstić information content (AvgIpc) is 3.30. The van der Waals surface area contributed by atoms with E-state index in [1.54, 1.807) is 6.08 Å². The molecule has 3 aromatic rings. The van der Waals surface area contributed by atoms with Crippen LogP contribution in [0.5, 0.6) is 11.5 Å². The molecule has 5 rings (SSSR count). The minimum atomic E-state index is -0.451. The van der Waals surface area contributed by atoms with Crippen LogP contribution < -0.4 is 9.47 Å². The number of nitrogens with one attached hydrogen (secondary N) is 1. The van der Waals surface area contributed by atoms with Gasteiger partial charge in [0, 0.05) is 5.56 Å². The second-order valence-electron chi connectivity index (χ2n) is 7.87. The number of aliphatic imine (C=N–C) groups is 1. The fourth-order valence-corrected chi connectivity index (χ4v) is 4.36. The van der Waals surface area contributed by atoms with Crippen LogP contribution in [0.15, 0.2) is 94.5 Å². The lowest BCUT2D eigenvalue weighted by Gasteiger charge is -2.20. The van der Waals surface area contributed by atoms with E-state index in [1.165, 1.54) is 16.8 Å². The monoisotopic (exact) mass is 482 g/mol. The Morgan fingerprint density at radius 3 is 2.26 bits per heavy atom. The molecule has 2 heterocycles. The third-order valence-corrected chi connectivity index (χ3v) is 6.27. The van der Waals surface area contributed by atoms with Crippen LogP contribution in [0.25, 0.3) is 6.08 Å². The van der Waals surface area contributed by atoms with Crippen LogP contribution in [0.1, 0.15) is 16.7 Å². The van der Waals surface area contributed by atoms with E-state index in [-0.39, 0.29) is 11.4 Å². The Kier molecular flexibility index (Phi) is 6.45. The first-order valence-corrected chi connectivity index (χ1v) is 11.9. The zero-order valence-electron chi connectivity index (χ0n) is 19.0. The topological polar surface area (TPSA) is 87.3 Å². The standard InChI is InChI=1S/C27H22N4O3S/c1-18-7-11-20(12-8-18)26-30-31-24(28)23(25(32)29-27(31)35-26)17-19-9-13-22(14-10-19)34-16-15-33-21-5-3-2-4-6-21/h2-14,17,28H,15-16H2,1H3/b23-17+,28-24?. The molecule has 0 atom stereocenters. The van der Waals surface area contributed by atoms with Gasteiger partial charge in [0.05, 0.1) is 5.57 Å². The molecule has 8 heteroatoms. The van der Waals surface area contributed by atoms with Gasteiger partial charge in [-0.15, -0.1) is 0 Å². The molecule has 0 radical (unpaired) electrons. The van der Waals surface area contributed by atoms with Crippen LogP contribution in [-0.4, -0.2) is 40.2 Å². The van der Waals surface area contributed by atoms with Gasteiger partial charge in [0.2, 0.25) is 5.17 Å². The maximum atomic E-state index is 12.7. The molecule has 0 unspecified atom stereocenters. The summed E-state index contributed by atoms with van der Waals surface area (Å²) in [7, 11) is 0. The van der Waals surface area contributed by atoms with Gasteiger partial charge in [0.15, 0.2) is 5.84 Å². The predicted molar refractivity (Wildman–Crippen MR) is 139 cm³/mol. The summed E-state index contributed by atoms with van der Waals surface area (Å²) in [5.41, 5.74) is 3.03. The Bertz CT molecular complexity index is 1350. The summed E-state index contributed by atoms with van der Waals surface area (Å²) < 4.78 is 11.4. The molecule has 0 fully saturated rings. The first-order valence-electron chi connectivity index (χ1n) is 11.0. The summed E-state index contributed by atoms with van der Waals surface area (Å²) in [6.45, 7) is 2.86. The molecular weight excluding hydrogens is 460 g/mol. The Morgan fingerprint density at radius 2 is 1.57 bits per heavy atom. The number of thioether (sulfide) groups is 1. The molecule has 35 heavy (non-hydrogen) atoms. The summed E-state index contributed by atoms with van der Waals surface area (Å²) in [6.07, 6.45) is 1.65. The number of amidine groups is 2. The molecule has 0 bridgehead atoms. The fraction of sp³-hybridized carbons (Fsp3) is 0.111. The maximum absolute atomic E-state index is 12.7.